The van der Waals surface area contributed by atoms with Crippen molar-refractivity contribution in [3.63, 3.8) is 0 Å². The molecule has 0 saturated heterocycles. The second kappa shape index (κ2) is 8.08. The van der Waals surface area contributed by atoms with Crippen LogP contribution in [-0.2, 0) is 4.74 Å². The third-order valence-electron chi connectivity index (χ3n) is 2.77. The molecule has 98 valence electrons. The van der Waals surface area contributed by atoms with Crippen LogP contribution in [0.15, 0.2) is 0 Å². The highest BCUT2D eigenvalue weighted by Crippen LogP contribution is 2.22. The molecule has 0 radical (unpaired) electrons. The average molecular weight is 229 g/mol. The molecule has 0 saturated carbocycles. The van der Waals surface area contributed by atoms with Crippen LogP contribution in [0.3, 0.4) is 0 Å². The molecule has 0 heterocycles. The van der Waals surface area contributed by atoms with Crippen LogP contribution < -0.4 is 5.32 Å². The minimum Gasteiger partial charge on any atom is -0.379 e. The van der Waals surface area contributed by atoms with Gasteiger partial charge in [-0.15, -0.1) is 0 Å². The third-order valence-corrected chi connectivity index (χ3v) is 2.77. The van der Waals surface area contributed by atoms with Gasteiger partial charge in [0, 0.05) is 12.6 Å². The van der Waals surface area contributed by atoms with E-state index < -0.39 is 0 Å². The first kappa shape index (κ1) is 15.9. The fourth-order valence-electron chi connectivity index (χ4n) is 1.77. The lowest BCUT2D eigenvalue weighted by Gasteiger charge is -2.32. The molecule has 0 aliphatic carbocycles. The summed E-state index contributed by atoms with van der Waals surface area (Å²) in [5.41, 5.74) is 0.340. The van der Waals surface area contributed by atoms with Gasteiger partial charge in [0.05, 0.1) is 6.10 Å². The van der Waals surface area contributed by atoms with Crippen LogP contribution in [0.25, 0.3) is 0 Å². The fourth-order valence-corrected chi connectivity index (χ4v) is 1.77. The van der Waals surface area contributed by atoms with Crippen molar-refractivity contribution in [2.75, 3.05) is 13.2 Å². The molecule has 0 bridgehead atoms. The summed E-state index contributed by atoms with van der Waals surface area (Å²) in [7, 11) is 0. The lowest BCUT2D eigenvalue weighted by molar-refractivity contribution is 0.0716. The second-order valence-electron chi connectivity index (χ2n) is 5.93. The molecule has 16 heavy (non-hydrogen) atoms. The van der Waals surface area contributed by atoms with Gasteiger partial charge in [0.15, 0.2) is 0 Å². The maximum absolute atomic E-state index is 5.58. The van der Waals surface area contributed by atoms with E-state index in [1.54, 1.807) is 0 Å². The van der Waals surface area contributed by atoms with Crippen LogP contribution in [-0.4, -0.2) is 25.3 Å². The van der Waals surface area contributed by atoms with E-state index >= 15 is 0 Å². The van der Waals surface area contributed by atoms with Crippen LogP contribution in [0.2, 0.25) is 0 Å². The topological polar surface area (TPSA) is 21.3 Å². The summed E-state index contributed by atoms with van der Waals surface area (Å²) in [6, 6.07) is 0.600. The maximum atomic E-state index is 5.58. The van der Waals surface area contributed by atoms with E-state index in [0.29, 0.717) is 17.6 Å². The Morgan fingerprint density at radius 2 is 1.81 bits per heavy atom. The second-order valence-corrected chi connectivity index (χ2v) is 5.93. The largest absolute Gasteiger partial charge is 0.379 e. The predicted molar refractivity (Wildman–Crippen MR) is 71.9 cm³/mol. The van der Waals surface area contributed by atoms with Crippen molar-refractivity contribution in [2.45, 2.75) is 73.0 Å². The summed E-state index contributed by atoms with van der Waals surface area (Å²) in [5, 5.41) is 3.64. The zero-order valence-corrected chi connectivity index (χ0v) is 12.1. The number of nitrogens with one attached hydrogen (secondary N) is 1. The molecule has 0 aliphatic rings. The Balaban J connectivity index is 3.84. The van der Waals surface area contributed by atoms with E-state index in [2.05, 4.69) is 46.9 Å². The summed E-state index contributed by atoms with van der Waals surface area (Å²) in [4.78, 5) is 0. The highest BCUT2D eigenvalue weighted by molar-refractivity contribution is 4.80. The van der Waals surface area contributed by atoms with Gasteiger partial charge < -0.3 is 10.1 Å². The van der Waals surface area contributed by atoms with Gasteiger partial charge in [0.25, 0.3) is 0 Å². The molecule has 0 aliphatic heterocycles. The summed E-state index contributed by atoms with van der Waals surface area (Å²) < 4.78 is 5.58. The van der Waals surface area contributed by atoms with E-state index in [1.807, 2.05) is 0 Å². The van der Waals surface area contributed by atoms with E-state index in [0.717, 1.165) is 19.6 Å². The lowest BCUT2D eigenvalue weighted by Crippen LogP contribution is -2.40. The van der Waals surface area contributed by atoms with Crippen LogP contribution >= 0.6 is 0 Å². The number of rotatable bonds is 8. The Bertz CT molecular complexity index is 161. The van der Waals surface area contributed by atoms with Gasteiger partial charge in [-0.05, 0) is 45.1 Å². The first-order valence-electron chi connectivity index (χ1n) is 6.73. The first-order valence-corrected chi connectivity index (χ1v) is 6.73. The molecule has 1 unspecified atom stereocenters. The maximum Gasteiger partial charge on any atom is 0.0518 e. The molecular formula is C14H31NO. The van der Waals surface area contributed by atoms with Gasteiger partial charge in [0.2, 0.25) is 0 Å². The minimum atomic E-state index is 0.340. The van der Waals surface area contributed by atoms with Crippen molar-refractivity contribution in [1.82, 2.24) is 5.32 Å². The molecule has 0 rings (SSSR count). The molecule has 0 amide bonds. The van der Waals surface area contributed by atoms with E-state index in [9.17, 15) is 0 Å². The summed E-state index contributed by atoms with van der Waals surface area (Å²) >= 11 is 0. The Hall–Kier alpha value is -0.0800. The Morgan fingerprint density at radius 3 is 2.25 bits per heavy atom. The molecule has 2 nitrogen and oxygen atoms in total. The van der Waals surface area contributed by atoms with Crippen molar-refractivity contribution < 1.29 is 4.74 Å². The van der Waals surface area contributed by atoms with Gasteiger partial charge in [0.1, 0.15) is 0 Å². The third kappa shape index (κ3) is 8.12. The van der Waals surface area contributed by atoms with Gasteiger partial charge >= 0.3 is 0 Å². The van der Waals surface area contributed by atoms with Crippen LogP contribution in [0.5, 0.6) is 0 Å². The molecule has 0 aromatic heterocycles. The Labute approximate surface area is 102 Å². The molecule has 2 heteroatoms. The SMILES string of the molecule is CCCNC(CCCOC(C)C)C(C)(C)C. The van der Waals surface area contributed by atoms with Gasteiger partial charge in [-0.3, -0.25) is 0 Å². The fraction of sp³-hybridized carbons (Fsp3) is 1.00. The van der Waals surface area contributed by atoms with Crippen molar-refractivity contribution >= 4 is 0 Å². The molecular weight excluding hydrogens is 198 g/mol. The lowest BCUT2D eigenvalue weighted by atomic mass is 9.84. The highest BCUT2D eigenvalue weighted by atomic mass is 16.5. The first-order chi connectivity index (χ1) is 7.38. The molecule has 1 N–H and O–H groups in total. The van der Waals surface area contributed by atoms with Crippen molar-refractivity contribution in [3.05, 3.63) is 0 Å². The van der Waals surface area contributed by atoms with Gasteiger partial charge in [-0.1, -0.05) is 27.7 Å². The Morgan fingerprint density at radius 1 is 1.19 bits per heavy atom. The summed E-state index contributed by atoms with van der Waals surface area (Å²) in [6.07, 6.45) is 3.92. The van der Waals surface area contributed by atoms with E-state index in [4.69, 9.17) is 4.74 Å². The van der Waals surface area contributed by atoms with Crippen LogP contribution in [0.1, 0.15) is 60.8 Å². The van der Waals surface area contributed by atoms with E-state index in [-0.39, 0.29) is 0 Å². The van der Waals surface area contributed by atoms with Crippen molar-refractivity contribution in [2.24, 2.45) is 5.41 Å². The van der Waals surface area contributed by atoms with Gasteiger partial charge in [-0.25, -0.2) is 0 Å². The Kier molecular flexibility index (Phi) is 8.04. The van der Waals surface area contributed by atoms with E-state index in [1.165, 1.54) is 12.8 Å². The highest BCUT2D eigenvalue weighted by Gasteiger charge is 2.23. The molecule has 0 fully saturated rings. The molecule has 1 atom stereocenters. The quantitative estimate of drug-likeness (QED) is 0.642. The van der Waals surface area contributed by atoms with Crippen LogP contribution in [0, 0.1) is 5.41 Å². The zero-order chi connectivity index (χ0) is 12.6. The number of hydrogen-bond acceptors (Lipinski definition) is 2. The van der Waals surface area contributed by atoms with Crippen molar-refractivity contribution in [3.8, 4) is 0 Å². The smallest absolute Gasteiger partial charge is 0.0518 e. The van der Waals surface area contributed by atoms with Crippen molar-refractivity contribution in [1.29, 1.82) is 0 Å². The standard InChI is InChI=1S/C14H31NO/c1-7-10-15-13(14(4,5)6)9-8-11-16-12(2)3/h12-13,15H,7-11H2,1-6H3. The number of hydrogen-bond donors (Lipinski definition) is 1. The van der Waals surface area contributed by atoms with Crippen LogP contribution in [0.4, 0.5) is 0 Å². The van der Waals surface area contributed by atoms with Gasteiger partial charge in [-0.2, -0.15) is 0 Å². The molecule has 0 spiro atoms. The normalized spacial score (nSPS) is 14.4. The molecule has 0 aromatic rings. The number of ether oxygens (including phenoxy) is 1. The molecule has 0 aromatic carbocycles. The summed E-state index contributed by atoms with van der Waals surface area (Å²) in [6.45, 7) is 15.3. The average Bonchev–Trinajstić information content (AvgIpc) is 2.14. The summed E-state index contributed by atoms with van der Waals surface area (Å²) in [5.74, 6) is 0. The predicted octanol–water partition coefficient (Wildman–Crippen LogP) is 3.61. The minimum absolute atomic E-state index is 0.340. The monoisotopic (exact) mass is 229 g/mol. The zero-order valence-electron chi connectivity index (χ0n) is 12.1.